The fourth-order valence-electron chi connectivity index (χ4n) is 2.19. The number of rotatable bonds is 3. The number of benzene rings is 1. The third-order valence-electron chi connectivity index (χ3n) is 3.31. The van der Waals surface area contributed by atoms with Crippen LogP contribution in [0.1, 0.15) is 29.7 Å². The van der Waals surface area contributed by atoms with Crippen molar-refractivity contribution in [1.82, 2.24) is 5.32 Å². The van der Waals surface area contributed by atoms with Gasteiger partial charge in [0.1, 0.15) is 6.04 Å². The van der Waals surface area contributed by atoms with Crippen LogP contribution in [0.2, 0.25) is 0 Å². The van der Waals surface area contributed by atoms with Gasteiger partial charge in [-0.1, -0.05) is 12.1 Å². The molecule has 1 heterocycles. The lowest BCUT2D eigenvalue weighted by Gasteiger charge is -2.17. The predicted octanol–water partition coefficient (Wildman–Crippen LogP) is 0.760. The van der Waals surface area contributed by atoms with Crippen molar-refractivity contribution in [2.24, 2.45) is 5.73 Å². The quantitative estimate of drug-likeness (QED) is 0.737. The van der Waals surface area contributed by atoms with Gasteiger partial charge in [-0.2, -0.15) is 0 Å². The topological polar surface area (TPSA) is 84.2 Å². The van der Waals surface area contributed by atoms with Crippen molar-refractivity contribution >= 4 is 17.5 Å². The number of primary amides is 1. The molecular formula is C13H17N3O2. The SMILES string of the molecule is Cc1ccc(C)c2c1NC(=O)C2NC(C)C(N)=O. The van der Waals surface area contributed by atoms with Gasteiger partial charge in [0.05, 0.1) is 6.04 Å². The largest absolute Gasteiger partial charge is 0.368 e. The summed E-state index contributed by atoms with van der Waals surface area (Å²) in [4.78, 5) is 23.1. The number of hydrogen-bond donors (Lipinski definition) is 3. The fraction of sp³-hybridized carbons (Fsp3) is 0.385. The highest BCUT2D eigenvalue weighted by Crippen LogP contribution is 2.36. The predicted molar refractivity (Wildman–Crippen MR) is 69.1 cm³/mol. The monoisotopic (exact) mass is 247 g/mol. The van der Waals surface area contributed by atoms with Crippen molar-refractivity contribution in [3.63, 3.8) is 0 Å². The minimum atomic E-state index is -0.549. The molecule has 0 aliphatic carbocycles. The van der Waals surface area contributed by atoms with Crippen LogP contribution in [0, 0.1) is 13.8 Å². The number of amides is 2. The van der Waals surface area contributed by atoms with E-state index in [1.807, 2.05) is 26.0 Å². The molecule has 5 nitrogen and oxygen atoms in total. The highest BCUT2D eigenvalue weighted by molar-refractivity contribution is 6.04. The normalized spacial score (nSPS) is 19.3. The van der Waals surface area contributed by atoms with Crippen molar-refractivity contribution in [2.45, 2.75) is 32.9 Å². The fourth-order valence-corrected chi connectivity index (χ4v) is 2.19. The summed E-state index contributed by atoms with van der Waals surface area (Å²) in [5.41, 5.74) is 9.00. The molecule has 4 N–H and O–H groups in total. The van der Waals surface area contributed by atoms with E-state index >= 15 is 0 Å². The van der Waals surface area contributed by atoms with Crippen LogP contribution in [0.25, 0.3) is 0 Å². The van der Waals surface area contributed by atoms with Gasteiger partial charge in [-0.15, -0.1) is 0 Å². The molecular weight excluding hydrogens is 230 g/mol. The first-order chi connectivity index (χ1) is 8.41. The van der Waals surface area contributed by atoms with E-state index in [9.17, 15) is 9.59 Å². The Morgan fingerprint density at radius 2 is 2.00 bits per heavy atom. The third kappa shape index (κ3) is 1.97. The van der Waals surface area contributed by atoms with E-state index in [0.717, 1.165) is 22.4 Å². The van der Waals surface area contributed by atoms with Crippen LogP contribution in [-0.4, -0.2) is 17.9 Å². The van der Waals surface area contributed by atoms with Gasteiger partial charge in [0, 0.05) is 11.3 Å². The molecule has 1 aromatic rings. The van der Waals surface area contributed by atoms with Gasteiger partial charge in [0.2, 0.25) is 11.8 Å². The Kier molecular flexibility index (Phi) is 3.09. The molecule has 2 rings (SSSR count). The molecule has 0 spiro atoms. The highest BCUT2D eigenvalue weighted by atomic mass is 16.2. The van der Waals surface area contributed by atoms with Crippen molar-refractivity contribution in [2.75, 3.05) is 5.32 Å². The van der Waals surface area contributed by atoms with Crippen molar-refractivity contribution in [3.8, 4) is 0 Å². The molecule has 0 bridgehead atoms. The van der Waals surface area contributed by atoms with Crippen LogP contribution in [0.4, 0.5) is 5.69 Å². The summed E-state index contributed by atoms with van der Waals surface area (Å²) in [6, 6.07) is 2.88. The second kappa shape index (κ2) is 4.42. The minimum Gasteiger partial charge on any atom is -0.368 e. The third-order valence-corrected chi connectivity index (χ3v) is 3.31. The Morgan fingerprint density at radius 3 is 2.61 bits per heavy atom. The summed E-state index contributed by atoms with van der Waals surface area (Å²) in [5, 5.41) is 5.81. The van der Waals surface area contributed by atoms with Gasteiger partial charge in [-0.05, 0) is 31.9 Å². The zero-order valence-corrected chi connectivity index (χ0v) is 10.7. The number of anilines is 1. The second-order valence-electron chi connectivity index (χ2n) is 4.70. The Labute approximate surface area is 106 Å². The molecule has 2 amide bonds. The van der Waals surface area contributed by atoms with E-state index in [0.29, 0.717) is 0 Å². The maximum absolute atomic E-state index is 12.0. The van der Waals surface area contributed by atoms with Crippen LogP contribution < -0.4 is 16.4 Å². The summed E-state index contributed by atoms with van der Waals surface area (Å²) < 4.78 is 0. The maximum atomic E-state index is 12.0. The van der Waals surface area contributed by atoms with E-state index < -0.39 is 18.0 Å². The molecule has 0 saturated carbocycles. The first-order valence-corrected chi connectivity index (χ1v) is 5.88. The smallest absolute Gasteiger partial charge is 0.246 e. The van der Waals surface area contributed by atoms with Gasteiger partial charge in [0.25, 0.3) is 0 Å². The van der Waals surface area contributed by atoms with Gasteiger partial charge in [-0.3, -0.25) is 14.9 Å². The number of nitrogens with two attached hydrogens (primary N) is 1. The Bertz CT molecular complexity index is 525. The van der Waals surface area contributed by atoms with Crippen LogP contribution in [-0.2, 0) is 9.59 Å². The maximum Gasteiger partial charge on any atom is 0.246 e. The van der Waals surface area contributed by atoms with E-state index in [1.165, 1.54) is 0 Å². The van der Waals surface area contributed by atoms with Crippen molar-refractivity contribution in [1.29, 1.82) is 0 Å². The summed E-state index contributed by atoms with van der Waals surface area (Å²) in [5.74, 6) is -0.614. The van der Waals surface area contributed by atoms with Gasteiger partial charge >= 0.3 is 0 Å². The molecule has 1 aliphatic heterocycles. The lowest BCUT2D eigenvalue weighted by molar-refractivity contribution is -0.121. The molecule has 5 heteroatoms. The molecule has 1 aromatic carbocycles. The zero-order valence-electron chi connectivity index (χ0n) is 10.7. The first kappa shape index (κ1) is 12.6. The molecule has 0 aromatic heterocycles. The number of carbonyl (C=O) groups excluding carboxylic acids is 2. The molecule has 2 unspecified atom stereocenters. The Hall–Kier alpha value is -1.88. The molecule has 2 atom stereocenters. The van der Waals surface area contributed by atoms with Crippen LogP contribution in [0.5, 0.6) is 0 Å². The van der Waals surface area contributed by atoms with Crippen LogP contribution >= 0.6 is 0 Å². The summed E-state index contributed by atoms with van der Waals surface area (Å²) >= 11 is 0. The number of fused-ring (bicyclic) bond motifs is 1. The molecule has 18 heavy (non-hydrogen) atoms. The van der Waals surface area contributed by atoms with Crippen LogP contribution in [0.15, 0.2) is 12.1 Å². The average Bonchev–Trinajstić information content (AvgIpc) is 2.63. The van der Waals surface area contributed by atoms with E-state index in [4.69, 9.17) is 5.73 Å². The number of hydrogen-bond acceptors (Lipinski definition) is 3. The summed E-state index contributed by atoms with van der Waals surface area (Å²) in [7, 11) is 0. The van der Waals surface area contributed by atoms with Gasteiger partial charge in [-0.25, -0.2) is 0 Å². The Balaban J connectivity index is 2.39. The number of nitrogens with one attached hydrogen (secondary N) is 2. The summed E-state index contributed by atoms with van der Waals surface area (Å²) in [6.07, 6.45) is 0. The van der Waals surface area contributed by atoms with E-state index in [-0.39, 0.29) is 5.91 Å². The van der Waals surface area contributed by atoms with E-state index in [2.05, 4.69) is 10.6 Å². The standard InChI is InChI=1S/C13H17N3O2/c1-6-4-5-7(2)10-9(6)11(13(18)16-10)15-8(3)12(14)17/h4-5,8,11,15H,1-3H3,(H2,14,17)(H,16,18). The Morgan fingerprint density at radius 1 is 1.39 bits per heavy atom. The highest BCUT2D eigenvalue weighted by Gasteiger charge is 2.34. The number of aryl methyl sites for hydroxylation is 2. The summed E-state index contributed by atoms with van der Waals surface area (Å²) in [6.45, 7) is 5.54. The van der Waals surface area contributed by atoms with E-state index in [1.54, 1.807) is 6.92 Å². The lowest BCUT2D eigenvalue weighted by Crippen LogP contribution is -2.42. The van der Waals surface area contributed by atoms with Gasteiger partial charge < -0.3 is 11.1 Å². The first-order valence-electron chi connectivity index (χ1n) is 5.88. The van der Waals surface area contributed by atoms with Gasteiger partial charge in [0.15, 0.2) is 0 Å². The molecule has 0 saturated heterocycles. The van der Waals surface area contributed by atoms with Crippen molar-refractivity contribution < 1.29 is 9.59 Å². The molecule has 0 fully saturated rings. The van der Waals surface area contributed by atoms with Crippen LogP contribution in [0.3, 0.4) is 0 Å². The number of carbonyl (C=O) groups is 2. The molecule has 1 aliphatic rings. The lowest BCUT2D eigenvalue weighted by atomic mass is 9.99. The molecule has 96 valence electrons. The molecule has 0 radical (unpaired) electrons. The average molecular weight is 247 g/mol. The second-order valence-corrected chi connectivity index (χ2v) is 4.70. The zero-order chi connectivity index (χ0) is 13.4. The minimum absolute atomic E-state index is 0.143. The van der Waals surface area contributed by atoms with Crippen molar-refractivity contribution in [3.05, 3.63) is 28.8 Å².